The van der Waals surface area contributed by atoms with E-state index in [0.717, 1.165) is 0 Å². The Hall–Kier alpha value is -2.25. The first-order valence-corrected chi connectivity index (χ1v) is 6.57. The van der Waals surface area contributed by atoms with Gasteiger partial charge in [0.05, 0.1) is 5.92 Å². The number of ether oxygens (including phenoxy) is 1. The molecule has 0 radical (unpaired) electrons. The number of aliphatic carboxylic acids is 1. The van der Waals surface area contributed by atoms with Gasteiger partial charge in [-0.3, -0.25) is 4.90 Å². The number of amides is 1. The highest BCUT2D eigenvalue weighted by Gasteiger charge is 2.55. The van der Waals surface area contributed by atoms with E-state index in [2.05, 4.69) is 0 Å². The molecule has 0 saturated carbocycles. The summed E-state index contributed by atoms with van der Waals surface area (Å²) < 4.78 is 43.4. The highest BCUT2D eigenvalue weighted by atomic mass is 19.4. The maximum Gasteiger partial charge on any atom is 0.410 e. The Balaban J connectivity index is 2.04. The summed E-state index contributed by atoms with van der Waals surface area (Å²) in [6.07, 6.45) is -6.17. The van der Waals surface area contributed by atoms with Crippen LogP contribution in [0, 0.1) is 5.92 Å². The molecule has 2 rings (SSSR count). The van der Waals surface area contributed by atoms with Crippen LogP contribution in [0.25, 0.3) is 0 Å². The predicted octanol–water partition coefficient (Wildman–Crippen LogP) is 2.66. The average molecular weight is 317 g/mol. The van der Waals surface area contributed by atoms with Gasteiger partial charge in [0, 0.05) is 6.54 Å². The molecule has 1 aliphatic heterocycles. The van der Waals surface area contributed by atoms with Crippen molar-refractivity contribution in [2.75, 3.05) is 6.54 Å². The van der Waals surface area contributed by atoms with Gasteiger partial charge in [0.2, 0.25) is 0 Å². The van der Waals surface area contributed by atoms with E-state index in [-0.39, 0.29) is 13.2 Å². The number of carboxylic acids is 1. The lowest BCUT2D eigenvalue weighted by Gasteiger charge is -2.25. The van der Waals surface area contributed by atoms with Crippen LogP contribution in [0.3, 0.4) is 0 Å². The maximum absolute atomic E-state index is 12.8. The van der Waals surface area contributed by atoms with Crippen molar-refractivity contribution >= 4 is 12.1 Å². The van der Waals surface area contributed by atoms with Gasteiger partial charge in [-0.25, -0.2) is 9.59 Å². The molecular weight excluding hydrogens is 303 g/mol. The standard InChI is InChI=1S/C14H14F3NO4/c15-14(16,17)10-6-7-18(11(10)12(19)20)13(21)22-8-9-4-2-1-3-5-9/h1-5,10-11H,6-8H2,(H,19,20)/t10-,11+/m0/s1. The molecule has 2 atom stereocenters. The Labute approximate surface area is 124 Å². The Kier molecular flexibility index (Phi) is 4.58. The molecule has 1 saturated heterocycles. The third-order valence-corrected chi connectivity index (χ3v) is 3.51. The van der Waals surface area contributed by atoms with Crippen LogP contribution in [0.1, 0.15) is 12.0 Å². The van der Waals surface area contributed by atoms with Gasteiger partial charge in [-0.15, -0.1) is 0 Å². The second kappa shape index (κ2) is 6.25. The predicted molar refractivity (Wildman–Crippen MR) is 68.9 cm³/mol. The molecule has 22 heavy (non-hydrogen) atoms. The summed E-state index contributed by atoms with van der Waals surface area (Å²) >= 11 is 0. The summed E-state index contributed by atoms with van der Waals surface area (Å²) in [5.74, 6) is -3.76. The fraction of sp³-hybridized carbons (Fsp3) is 0.429. The molecule has 1 aromatic rings. The van der Waals surface area contributed by atoms with Crippen LogP contribution in [0.15, 0.2) is 30.3 Å². The molecule has 0 aromatic heterocycles. The molecule has 1 heterocycles. The number of alkyl halides is 3. The van der Waals surface area contributed by atoms with Gasteiger partial charge in [-0.2, -0.15) is 13.2 Å². The molecule has 1 fully saturated rings. The topological polar surface area (TPSA) is 66.8 Å². The van der Waals surface area contributed by atoms with Crippen molar-refractivity contribution in [1.82, 2.24) is 4.90 Å². The molecular formula is C14H14F3NO4. The molecule has 1 amide bonds. The Morgan fingerprint density at radius 1 is 1.27 bits per heavy atom. The minimum Gasteiger partial charge on any atom is -0.480 e. The van der Waals surface area contributed by atoms with Crippen LogP contribution in [0.5, 0.6) is 0 Å². The van der Waals surface area contributed by atoms with Crippen LogP contribution < -0.4 is 0 Å². The third-order valence-electron chi connectivity index (χ3n) is 3.51. The minimum absolute atomic E-state index is 0.126. The fourth-order valence-electron chi connectivity index (χ4n) is 2.45. The highest BCUT2D eigenvalue weighted by Crippen LogP contribution is 2.38. The fourth-order valence-corrected chi connectivity index (χ4v) is 2.45. The van der Waals surface area contributed by atoms with Gasteiger partial charge < -0.3 is 9.84 Å². The summed E-state index contributed by atoms with van der Waals surface area (Å²) in [4.78, 5) is 23.6. The first kappa shape index (κ1) is 16.1. The summed E-state index contributed by atoms with van der Waals surface area (Å²) in [6, 6.07) is 6.63. The van der Waals surface area contributed by atoms with E-state index in [1.807, 2.05) is 0 Å². The number of benzene rings is 1. The summed E-state index contributed by atoms with van der Waals surface area (Å²) in [5, 5.41) is 9.00. The zero-order chi connectivity index (χ0) is 16.3. The molecule has 120 valence electrons. The molecule has 5 nitrogen and oxygen atoms in total. The van der Waals surface area contributed by atoms with E-state index in [9.17, 15) is 22.8 Å². The number of nitrogens with zero attached hydrogens (tertiary/aromatic N) is 1. The number of hydrogen-bond donors (Lipinski definition) is 1. The lowest BCUT2D eigenvalue weighted by Crippen LogP contribution is -2.46. The van der Waals surface area contributed by atoms with E-state index in [1.54, 1.807) is 30.3 Å². The SMILES string of the molecule is O=C(O)[C@H]1[C@@H](C(F)(F)F)CCN1C(=O)OCc1ccccc1. The first-order valence-electron chi connectivity index (χ1n) is 6.57. The zero-order valence-corrected chi connectivity index (χ0v) is 11.4. The monoisotopic (exact) mass is 317 g/mol. The highest BCUT2D eigenvalue weighted by molar-refractivity contribution is 5.81. The van der Waals surface area contributed by atoms with Crippen LogP contribution in [-0.4, -0.2) is 40.8 Å². The molecule has 1 aromatic carbocycles. The number of rotatable bonds is 3. The molecule has 0 spiro atoms. The summed E-state index contributed by atoms with van der Waals surface area (Å²) in [7, 11) is 0. The number of likely N-dealkylation sites (tertiary alicyclic amines) is 1. The largest absolute Gasteiger partial charge is 0.480 e. The summed E-state index contributed by atoms with van der Waals surface area (Å²) in [6.45, 7) is -0.423. The van der Waals surface area contributed by atoms with Crippen LogP contribution in [-0.2, 0) is 16.1 Å². The summed E-state index contributed by atoms with van der Waals surface area (Å²) in [5.41, 5.74) is 0.661. The van der Waals surface area contributed by atoms with Crippen LogP contribution in [0.4, 0.5) is 18.0 Å². The van der Waals surface area contributed by atoms with Crippen molar-refractivity contribution < 1.29 is 32.6 Å². The maximum atomic E-state index is 12.8. The van der Waals surface area contributed by atoms with Gasteiger partial charge in [0.25, 0.3) is 0 Å². The average Bonchev–Trinajstić information content (AvgIpc) is 2.91. The second-order valence-corrected chi connectivity index (χ2v) is 4.95. The molecule has 1 N–H and O–H groups in total. The zero-order valence-electron chi connectivity index (χ0n) is 11.4. The molecule has 0 unspecified atom stereocenters. The quantitative estimate of drug-likeness (QED) is 0.931. The van der Waals surface area contributed by atoms with Crippen molar-refractivity contribution in [3.8, 4) is 0 Å². The van der Waals surface area contributed by atoms with E-state index < -0.39 is 36.6 Å². The lowest BCUT2D eigenvalue weighted by molar-refractivity contribution is -0.187. The molecule has 0 bridgehead atoms. The van der Waals surface area contributed by atoms with Crippen LogP contribution in [0.2, 0.25) is 0 Å². The molecule has 8 heteroatoms. The van der Waals surface area contributed by atoms with Gasteiger partial charge in [-0.1, -0.05) is 30.3 Å². The van der Waals surface area contributed by atoms with E-state index in [0.29, 0.717) is 10.5 Å². The van der Waals surface area contributed by atoms with Gasteiger partial charge in [0.1, 0.15) is 12.6 Å². The number of hydrogen-bond acceptors (Lipinski definition) is 3. The van der Waals surface area contributed by atoms with Crippen molar-refractivity contribution in [3.63, 3.8) is 0 Å². The smallest absolute Gasteiger partial charge is 0.410 e. The second-order valence-electron chi connectivity index (χ2n) is 4.95. The Bertz CT molecular complexity index is 547. The van der Waals surface area contributed by atoms with E-state index in [1.165, 1.54) is 0 Å². The number of halogens is 3. The first-order chi connectivity index (χ1) is 10.3. The van der Waals surface area contributed by atoms with Crippen molar-refractivity contribution in [2.24, 2.45) is 5.92 Å². The number of carbonyl (C=O) groups excluding carboxylic acids is 1. The molecule has 0 aliphatic carbocycles. The molecule has 1 aliphatic rings. The van der Waals surface area contributed by atoms with Crippen molar-refractivity contribution in [3.05, 3.63) is 35.9 Å². The normalized spacial score (nSPS) is 21.7. The Morgan fingerprint density at radius 2 is 1.91 bits per heavy atom. The van der Waals surface area contributed by atoms with Crippen LogP contribution >= 0.6 is 0 Å². The van der Waals surface area contributed by atoms with Gasteiger partial charge >= 0.3 is 18.2 Å². The van der Waals surface area contributed by atoms with Gasteiger partial charge in [-0.05, 0) is 12.0 Å². The lowest BCUT2D eigenvalue weighted by atomic mass is 10.0. The number of carboxylic acid groups (broad SMARTS) is 1. The third kappa shape index (κ3) is 3.49. The minimum atomic E-state index is -4.67. The van der Waals surface area contributed by atoms with Gasteiger partial charge in [0.15, 0.2) is 0 Å². The van der Waals surface area contributed by atoms with Crippen molar-refractivity contribution in [1.29, 1.82) is 0 Å². The van der Waals surface area contributed by atoms with E-state index in [4.69, 9.17) is 9.84 Å². The van der Waals surface area contributed by atoms with E-state index >= 15 is 0 Å². The van der Waals surface area contributed by atoms with Crippen molar-refractivity contribution in [2.45, 2.75) is 25.2 Å². The Morgan fingerprint density at radius 3 is 2.45 bits per heavy atom. The number of carbonyl (C=O) groups is 2.